The minimum atomic E-state index is -0.992. The van der Waals surface area contributed by atoms with Crippen LogP contribution in [0.1, 0.15) is 19.3 Å². The van der Waals surface area contributed by atoms with Gasteiger partial charge in [-0.15, -0.1) is 12.3 Å². The molecule has 1 rings (SSSR count). The van der Waals surface area contributed by atoms with Crippen molar-refractivity contribution in [3.8, 4) is 12.3 Å². The second-order valence-corrected chi connectivity index (χ2v) is 3.44. The first kappa shape index (κ1) is 11.4. The third-order valence-corrected chi connectivity index (χ3v) is 2.10. The third kappa shape index (κ3) is 3.90. The van der Waals surface area contributed by atoms with E-state index in [9.17, 15) is 9.59 Å². The number of amides is 2. The molecule has 1 saturated carbocycles. The lowest BCUT2D eigenvalue weighted by Gasteiger charge is -2.20. The number of rotatable bonds is 5. The number of nitrogens with zero attached hydrogens (tertiary/aromatic N) is 1. The number of carboxylic acid groups (broad SMARTS) is 1. The lowest BCUT2D eigenvalue weighted by molar-refractivity contribution is -0.137. The Labute approximate surface area is 88.4 Å². The van der Waals surface area contributed by atoms with Crippen molar-refractivity contribution in [1.82, 2.24) is 10.2 Å². The number of urea groups is 1. The highest BCUT2D eigenvalue weighted by Gasteiger charge is 2.33. The van der Waals surface area contributed by atoms with Gasteiger partial charge in [-0.05, 0) is 12.8 Å². The first-order chi connectivity index (χ1) is 7.15. The molecule has 0 aromatic rings. The lowest BCUT2D eigenvalue weighted by atomic mass is 10.4. The summed E-state index contributed by atoms with van der Waals surface area (Å²) in [4.78, 5) is 23.4. The van der Waals surface area contributed by atoms with Crippen LogP contribution in [0.2, 0.25) is 0 Å². The average molecular weight is 210 g/mol. The Balaban J connectivity index is 2.38. The molecular weight excluding hydrogens is 196 g/mol. The molecule has 0 saturated heterocycles. The van der Waals surface area contributed by atoms with E-state index in [1.165, 1.54) is 4.90 Å². The third-order valence-electron chi connectivity index (χ3n) is 2.10. The zero-order chi connectivity index (χ0) is 11.3. The Kier molecular flexibility index (Phi) is 3.98. The molecule has 0 aliphatic heterocycles. The number of hydrogen-bond acceptors (Lipinski definition) is 2. The summed E-state index contributed by atoms with van der Waals surface area (Å²) in [6.07, 6.45) is 7.26. The fourth-order valence-corrected chi connectivity index (χ4v) is 1.24. The molecule has 0 radical (unpaired) electrons. The molecule has 15 heavy (non-hydrogen) atoms. The highest BCUT2D eigenvalue weighted by Crippen LogP contribution is 2.26. The van der Waals surface area contributed by atoms with Gasteiger partial charge in [0.2, 0.25) is 0 Å². The van der Waals surface area contributed by atoms with Crippen LogP contribution in [-0.2, 0) is 4.79 Å². The Morgan fingerprint density at radius 3 is 2.67 bits per heavy atom. The first-order valence-electron chi connectivity index (χ1n) is 4.85. The summed E-state index contributed by atoms with van der Waals surface area (Å²) in [5.41, 5.74) is 0. The standard InChI is InChI=1S/C10H14N2O3/c1-2-3-6-11-10(15)12(7-9(13)14)8-4-5-8/h1,8H,3-7H2,(H,11,15)(H,13,14). The highest BCUT2D eigenvalue weighted by molar-refractivity contribution is 5.80. The molecule has 0 bridgehead atoms. The smallest absolute Gasteiger partial charge is 0.323 e. The van der Waals surface area contributed by atoms with Gasteiger partial charge in [-0.2, -0.15) is 0 Å². The highest BCUT2D eigenvalue weighted by atomic mass is 16.4. The van der Waals surface area contributed by atoms with Crippen molar-refractivity contribution < 1.29 is 14.7 Å². The van der Waals surface area contributed by atoms with Gasteiger partial charge >= 0.3 is 12.0 Å². The summed E-state index contributed by atoms with van der Waals surface area (Å²) in [6.45, 7) is 0.144. The molecule has 1 aliphatic carbocycles. The Hall–Kier alpha value is -1.70. The van der Waals surface area contributed by atoms with Crippen molar-refractivity contribution in [3.63, 3.8) is 0 Å². The molecule has 2 N–H and O–H groups in total. The van der Waals surface area contributed by atoms with E-state index >= 15 is 0 Å². The van der Waals surface area contributed by atoms with Crippen LogP contribution in [0.4, 0.5) is 4.79 Å². The monoisotopic (exact) mass is 210 g/mol. The van der Waals surface area contributed by atoms with Gasteiger partial charge in [-0.3, -0.25) is 4.79 Å². The van der Waals surface area contributed by atoms with Crippen molar-refractivity contribution in [1.29, 1.82) is 0 Å². The van der Waals surface area contributed by atoms with E-state index in [1.54, 1.807) is 0 Å². The maximum Gasteiger partial charge on any atom is 0.323 e. The summed E-state index contributed by atoms with van der Waals surface area (Å²) in [6, 6.07) is -0.248. The van der Waals surface area contributed by atoms with Crippen LogP contribution in [0.25, 0.3) is 0 Å². The van der Waals surface area contributed by atoms with Crippen LogP contribution in [0, 0.1) is 12.3 Å². The van der Waals surface area contributed by atoms with Gasteiger partial charge in [0.25, 0.3) is 0 Å². The van der Waals surface area contributed by atoms with E-state index in [2.05, 4.69) is 11.2 Å². The molecule has 0 atom stereocenters. The Morgan fingerprint density at radius 1 is 1.53 bits per heavy atom. The minimum absolute atomic E-state index is 0.0898. The van der Waals surface area contributed by atoms with Crippen molar-refractivity contribution in [3.05, 3.63) is 0 Å². The number of carbonyl (C=O) groups excluding carboxylic acids is 1. The van der Waals surface area contributed by atoms with E-state index in [4.69, 9.17) is 11.5 Å². The Morgan fingerprint density at radius 2 is 2.20 bits per heavy atom. The van der Waals surface area contributed by atoms with Crippen molar-refractivity contribution in [2.24, 2.45) is 0 Å². The van der Waals surface area contributed by atoms with Crippen LogP contribution in [0.15, 0.2) is 0 Å². The quantitative estimate of drug-likeness (QED) is 0.505. The molecule has 82 valence electrons. The maximum absolute atomic E-state index is 11.5. The first-order valence-corrected chi connectivity index (χ1v) is 4.85. The topological polar surface area (TPSA) is 69.6 Å². The predicted octanol–water partition coefficient (Wildman–Crippen LogP) is 0.268. The molecule has 0 unspecified atom stereocenters. The number of terminal acetylenes is 1. The minimum Gasteiger partial charge on any atom is -0.480 e. The van der Waals surface area contributed by atoms with Crippen LogP contribution >= 0.6 is 0 Å². The van der Waals surface area contributed by atoms with Crippen LogP contribution in [-0.4, -0.2) is 41.1 Å². The largest absolute Gasteiger partial charge is 0.480 e. The zero-order valence-corrected chi connectivity index (χ0v) is 8.40. The number of carbonyl (C=O) groups is 2. The molecule has 5 nitrogen and oxygen atoms in total. The Bertz CT molecular complexity index is 292. The van der Waals surface area contributed by atoms with Crippen LogP contribution < -0.4 is 5.32 Å². The van der Waals surface area contributed by atoms with E-state index in [0.717, 1.165) is 12.8 Å². The van der Waals surface area contributed by atoms with E-state index in [-0.39, 0.29) is 18.6 Å². The summed E-state index contributed by atoms with van der Waals surface area (Å²) >= 11 is 0. The normalized spacial score (nSPS) is 14.1. The van der Waals surface area contributed by atoms with Gasteiger partial charge in [-0.25, -0.2) is 4.79 Å². The van der Waals surface area contributed by atoms with E-state index in [1.807, 2.05) is 0 Å². The summed E-state index contributed by atoms with van der Waals surface area (Å²) < 4.78 is 0. The van der Waals surface area contributed by atoms with E-state index < -0.39 is 5.97 Å². The average Bonchev–Trinajstić information content (AvgIpc) is 2.97. The zero-order valence-electron chi connectivity index (χ0n) is 8.40. The van der Waals surface area contributed by atoms with Gasteiger partial charge < -0.3 is 15.3 Å². The van der Waals surface area contributed by atoms with Crippen LogP contribution in [0.5, 0.6) is 0 Å². The van der Waals surface area contributed by atoms with Crippen molar-refractivity contribution in [2.75, 3.05) is 13.1 Å². The number of hydrogen-bond donors (Lipinski definition) is 2. The van der Waals surface area contributed by atoms with Gasteiger partial charge in [0, 0.05) is 19.0 Å². The summed E-state index contributed by atoms with van der Waals surface area (Å²) in [5, 5.41) is 11.2. The lowest BCUT2D eigenvalue weighted by Crippen LogP contribution is -2.44. The van der Waals surface area contributed by atoms with E-state index in [0.29, 0.717) is 13.0 Å². The fourth-order valence-electron chi connectivity index (χ4n) is 1.24. The van der Waals surface area contributed by atoms with Crippen molar-refractivity contribution in [2.45, 2.75) is 25.3 Å². The SMILES string of the molecule is C#CCCNC(=O)N(CC(=O)O)C1CC1. The second kappa shape index (κ2) is 5.25. The number of nitrogens with one attached hydrogen (secondary N) is 1. The maximum atomic E-state index is 11.5. The molecule has 1 aliphatic rings. The van der Waals surface area contributed by atoms with Crippen LogP contribution in [0.3, 0.4) is 0 Å². The molecule has 0 aromatic heterocycles. The van der Waals surface area contributed by atoms with Gasteiger partial charge in [0.1, 0.15) is 6.54 Å². The number of aliphatic carboxylic acids is 1. The van der Waals surface area contributed by atoms with Gasteiger partial charge in [0.05, 0.1) is 0 Å². The predicted molar refractivity (Wildman–Crippen MR) is 54.2 cm³/mol. The molecule has 5 heteroatoms. The summed E-state index contributed by atoms with van der Waals surface area (Å²) in [7, 11) is 0. The number of carboxylic acids is 1. The summed E-state index contributed by atoms with van der Waals surface area (Å²) in [5.74, 6) is 1.41. The molecule has 0 spiro atoms. The molecule has 2 amide bonds. The fraction of sp³-hybridized carbons (Fsp3) is 0.600. The van der Waals surface area contributed by atoms with Gasteiger partial charge in [0.15, 0.2) is 0 Å². The molecule has 0 aromatic carbocycles. The molecular formula is C10H14N2O3. The van der Waals surface area contributed by atoms with Crippen molar-refractivity contribution >= 4 is 12.0 Å². The molecule has 0 heterocycles. The van der Waals surface area contributed by atoms with Gasteiger partial charge in [-0.1, -0.05) is 0 Å². The molecule has 1 fully saturated rings. The second-order valence-electron chi connectivity index (χ2n) is 3.44.